The van der Waals surface area contributed by atoms with Gasteiger partial charge >= 0.3 is 0 Å². The summed E-state index contributed by atoms with van der Waals surface area (Å²) in [4.78, 5) is 17.8. The maximum Gasteiger partial charge on any atom is 0.236 e. The third-order valence-electron chi connectivity index (χ3n) is 4.45. The van der Waals surface area contributed by atoms with Gasteiger partial charge in [-0.15, -0.1) is 16.4 Å². The number of carbonyl (C=O) groups excluding carboxylic acids is 1. The molecule has 158 valence electrons. The molecule has 0 fully saturated rings. The standard InChI is InChI=1S/C21H19ClN6OS2/c1-2-14-3-5-15(6-4-14)11-18-12-23-20(31-18)24-19(29)13-30-21-25-26-27-28(21)17-9-7-16(22)8-10-17/h3-10,12H,2,11,13H2,1H3,(H,23,24,29). The summed E-state index contributed by atoms with van der Waals surface area (Å²) in [5.41, 5.74) is 3.32. The minimum atomic E-state index is -0.163. The molecule has 0 spiro atoms. The van der Waals surface area contributed by atoms with E-state index in [9.17, 15) is 4.79 Å². The summed E-state index contributed by atoms with van der Waals surface area (Å²) in [5.74, 6) is 0.00491. The highest BCUT2D eigenvalue weighted by atomic mass is 35.5. The van der Waals surface area contributed by atoms with E-state index in [1.165, 1.54) is 34.2 Å². The zero-order valence-electron chi connectivity index (χ0n) is 16.7. The van der Waals surface area contributed by atoms with Crippen LogP contribution in [0, 0.1) is 0 Å². The number of hydrogen-bond donors (Lipinski definition) is 1. The van der Waals surface area contributed by atoms with Gasteiger partial charge in [0.2, 0.25) is 11.1 Å². The SMILES string of the molecule is CCc1ccc(Cc2cnc(NC(=O)CSc3nnnn3-c3ccc(Cl)cc3)s2)cc1. The van der Waals surface area contributed by atoms with E-state index >= 15 is 0 Å². The summed E-state index contributed by atoms with van der Waals surface area (Å²) < 4.78 is 1.57. The molecule has 4 rings (SSSR count). The van der Waals surface area contributed by atoms with Crippen LogP contribution in [0.15, 0.2) is 59.9 Å². The van der Waals surface area contributed by atoms with Crippen molar-refractivity contribution < 1.29 is 4.79 Å². The van der Waals surface area contributed by atoms with Gasteiger partial charge in [0, 0.05) is 22.5 Å². The highest BCUT2D eigenvalue weighted by Crippen LogP contribution is 2.23. The van der Waals surface area contributed by atoms with Crippen LogP contribution in [0.2, 0.25) is 5.02 Å². The molecule has 2 aromatic heterocycles. The lowest BCUT2D eigenvalue weighted by molar-refractivity contribution is -0.113. The first-order valence-corrected chi connectivity index (χ1v) is 11.8. The van der Waals surface area contributed by atoms with Gasteiger partial charge in [-0.05, 0) is 52.2 Å². The van der Waals surface area contributed by atoms with Gasteiger partial charge in [-0.2, -0.15) is 4.68 Å². The molecular formula is C21H19ClN6OS2. The number of halogens is 1. The van der Waals surface area contributed by atoms with Crippen molar-refractivity contribution in [2.24, 2.45) is 0 Å². The summed E-state index contributed by atoms with van der Waals surface area (Å²) in [7, 11) is 0. The topological polar surface area (TPSA) is 85.6 Å². The van der Waals surface area contributed by atoms with E-state index in [1.807, 2.05) is 18.3 Å². The Bertz CT molecular complexity index is 1160. The van der Waals surface area contributed by atoms with Crippen LogP contribution in [0.3, 0.4) is 0 Å². The predicted molar refractivity (Wildman–Crippen MR) is 124 cm³/mol. The van der Waals surface area contributed by atoms with E-state index in [1.54, 1.807) is 16.8 Å². The van der Waals surface area contributed by atoms with Gasteiger partial charge in [0.25, 0.3) is 0 Å². The zero-order valence-corrected chi connectivity index (χ0v) is 19.0. The smallest absolute Gasteiger partial charge is 0.236 e. The molecule has 0 saturated carbocycles. The van der Waals surface area contributed by atoms with Gasteiger partial charge in [-0.1, -0.05) is 54.6 Å². The fraction of sp³-hybridized carbons (Fsp3) is 0.190. The number of aromatic nitrogens is 5. The van der Waals surface area contributed by atoms with Crippen LogP contribution < -0.4 is 5.32 Å². The van der Waals surface area contributed by atoms with Gasteiger partial charge in [0.05, 0.1) is 11.4 Å². The van der Waals surface area contributed by atoms with Crippen molar-refractivity contribution >= 4 is 45.7 Å². The molecule has 2 aromatic carbocycles. The number of rotatable bonds is 8. The maximum atomic E-state index is 12.4. The van der Waals surface area contributed by atoms with Gasteiger partial charge in [0.15, 0.2) is 5.13 Å². The van der Waals surface area contributed by atoms with Gasteiger partial charge < -0.3 is 5.32 Å². The molecule has 1 amide bonds. The molecule has 0 bridgehead atoms. The van der Waals surface area contributed by atoms with Gasteiger partial charge in [-0.3, -0.25) is 4.79 Å². The first kappa shape index (κ1) is 21.5. The molecule has 0 saturated heterocycles. The Morgan fingerprint density at radius 1 is 1.13 bits per heavy atom. The molecule has 1 N–H and O–H groups in total. The van der Waals surface area contributed by atoms with Crippen molar-refractivity contribution in [2.45, 2.75) is 24.9 Å². The molecular weight excluding hydrogens is 452 g/mol. The molecule has 10 heteroatoms. The fourth-order valence-corrected chi connectivity index (χ4v) is 4.52. The monoisotopic (exact) mass is 470 g/mol. The Labute approximate surface area is 192 Å². The largest absolute Gasteiger partial charge is 0.301 e. The number of anilines is 1. The van der Waals surface area contributed by atoms with E-state index < -0.39 is 0 Å². The number of benzene rings is 2. The van der Waals surface area contributed by atoms with Crippen molar-refractivity contribution in [1.82, 2.24) is 25.2 Å². The molecule has 7 nitrogen and oxygen atoms in total. The maximum absolute atomic E-state index is 12.4. The van der Waals surface area contributed by atoms with Crippen molar-refractivity contribution in [3.05, 3.63) is 75.8 Å². The van der Waals surface area contributed by atoms with Crippen LogP contribution in [0.25, 0.3) is 5.69 Å². The molecule has 0 radical (unpaired) electrons. The molecule has 2 heterocycles. The number of carbonyl (C=O) groups is 1. The second-order valence-corrected chi connectivity index (χ2v) is 9.16. The van der Waals surface area contributed by atoms with E-state index in [0.717, 1.165) is 23.4 Å². The van der Waals surface area contributed by atoms with Crippen molar-refractivity contribution in [3.8, 4) is 5.69 Å². The van der Waals surface area contributed by atoms with Gasteiger partial charge in [0.1, 0.15) is 0 Å². The molecule has 0 unspecified atom stereocenters. The number of hydrogen-bond acceptors (Lipinski definition) is 7. The lowest BCUT2D eigenvalue weighted by Gasteiger charge is -2.04. The van der Waals surface area contributed by atoms with Gasteiger partial charge in [-0.25, -0.2) is 4.98 Å². The van der Waals surface area contributed by atoms with E-state index in [2.05, 4.69) is 57.0 Å². The van der Waals surface area contributed by atoms with Crippen LogP contribution in [0.5, 0.6) is 0 Å². The molecule has 0 aliphatic carbocycles. The molecule has 31 heavy (non-hydrogen) atoms. The Morgan fingerprint density at radius 2 is 1.87 bits per heavy atom. The predicted octanol–water partition coefficient (Wildman–Crippen LogP) is 4.66. The van der Waals surface area contributed by atoms with E-state index in [0.29, 0.717) is 15.3 Å². The lowest BCUT2D eigenvalue weighted by Crippen LogP contribution is -2.14. The van der Waals surface area contributed by atoms with Crippen LogP contribution >= 0.6 is 34.7 Å². The van der Waals surface area contributed by atoms with Crippen LogP contribution in [-0.4, -0.2) is 36.9 Å². The average Bonchev–Trinajstić information content (AvgIpc) is 3.43. The Hall–Kier alpha value is -2.75. The van der Waals surface area contributed by atoms with Crippen molar-refractivity contribution in [2.75, 3.05) is 11.1 Å². The number of thiazole rings is 1. The molecule has 0 aliphatic heterocycles. The fourth-order valence-electron chi connectivity index (χ4n) is 2.84. The third-order valence-corrected chi connectivity index (χ3v) is 6.54. The first-order chi connectivity index (χ1) is 15.1. The Kier molecular flexibility index (Phi) is 6.96. The first-order valence-electron chi connectivity index (χ1n) is 9.60. The number of nitrogens with one attached hydrogen (secondary N) is 1. The zero-order chi connectivity index (χ0) is 21.6. The van der Waals surface area contributed by atoms with Crippen LogP contribution in [0.4, 0.5) is 5.13 Å². The van der Waals surface area contributed by atoms with Crippen molar-refractivity contribution in [3.63, 3.8) is 0 Å². The summed E-state index contributed by atoms with van der Waals surface area (Å²) in [6.07, 6.45) is 3.63. The number of aryl methyl sites for hydroxylation is 1. The summed E-state index contributed by atoms with van der Waals surface area (Å²) in [5, 5.41) is 16.3. The lowest BCUT2D eigenvalue weighted by atomic mass is 10.1. The quantitative estimate of drug-likeness (QED) is 0.377. The average molecular weight is 471 g/mol. The minimum absolute atomic E-state index is 0.163. The molecule has 0 aliphatic rings. The number of thioether (sulfide) groups is 1. The molecule has 4 aromatic rings. The second-order valence-electron chi connectivity index (χ2n) is 6.67. The normalized spacial score (nSPS) is 10.9. The number of tetrazole rings is 1. The minimum Gasteiger partial charge on any atom is -0.301 e. The second kappa shape index (κ2) is 10.0. The summed E-state index contributed by atoms with van der Waals surface area (Å²) in [6.45, 7) is 2.14. The van der Waals surface area contributed by atoms with Crippen LogP contribution in [0.1, 0.15) is 22.9 Å². The summed E-state index contributed by atoms with van der Waals surface area (Å²) in [6, 6.07) is 15.7. The number of nitrogens with zero attached hydrogens (tertiary/aromatic N) is 5. The number of amides is 1. The third kappa shape index (κ3) is 5.69. The van der Waals surface area contributed by atoms with Crippen LogP contribution in [-0.2, 0) is 17.6 Å². The van der Waals surface area contributed by atoms with E-state index in [4.69, 9.17) is 11.6 Å². The Balaban J connectivity index is 1.32. The summed E-state index contributed by atoms with van der Waals surface area (Å²) >= 11 is 8.66. The molecule has 0 atom stereocenters. The highest BCUT2D eigenvalue weighted by Gasteiger charge is 2.13. The Morgan fingerprint density at radius 3 is 2.61 bits per heavy atom. The van der Waals surface area contributed by atoms with E-state index in [-0.39, 0.29) is 11.7 Å². The highest BCUT2D eigenvalue weighted by molar-refractivity contribution is 7.99. The van der Waals surface area contributed by atoms with Crippen molar-refractivity contribution in [1.29, 1.82) is 0 Å².